The second kappa shape index (κ2) is 10.7. The minimum atomic E-state index is -3.09. The predicted molar refractivity (Wildman–Crippen MR) is 120 cm³/mol. The number of benzene rings is 2. The Kier molecular flexibility index (Phi) is 7.98. The van der Waals surface area contributed by atoms with Gasteiger partial charge in [-0.2, -0.15) is 0 Å². The maximum absolute atomic E-state index is 13.5. The van der Waals surface area contributed by atoms with E-state index in [2.05, 4.69) is 5.32 Å². The van der Waals surface area contributed by atoms with Gasteiger partial charge in [0.1, 0.15) is 11.9 Å². The van der Waals surface area contributed by atoms with Gasteiger partial charge in [0.25, 0.3) is 0 Å². The van der Waals surface area contributed by atoms with Crippen LogP contribution in [-0.2, 0) is 26.0 Å². The lowest BCUT2D eigenvalue weighted by atomic mass is 10.0. The molecule has 172 valence electrons. The van der Waals surface area contributed by atoms with E-state index in [1.165, 1.54) is 17.0 Å². The van der Waals surface area contributed by atoms with Crippen molar-refractivity contribution in [3.8, 4) is 0 Å². The first-order valence-electron chi connectivity index (χ1n) is 10.6. The normalized spacial score (nSPS) is 16.8. The molecule has 7 nitrogen and oxygen atoms in total. The van der Waals surface area contributed by atoms with Gasteiger partial charge in [0.2, 0.25) is 11.8 Å². The summed E-state index contributed by atoms with van der Waals surface area (Å²) in [5.74, 6) is -0.894. The first-order chi connectivity index (χ1) is 15.3. The van der Waals surface area contributed by atoms with E-state index < -0.39 is 15.9 Å². The van der Waals surface area contributed by atoms with Gasteiger partial charge in [-0.15, -0.1) is 0 Å². The number of halogens is 1. The SMILES string of the molecule is CCN(CC(=O)NCc1ccc(F)cc1)C(=O)C(c1ccccc1)N1CCS(=O)(=O)CC1. The maximum atomic E-state index is 13.5. The summed E-state index contributed by atoms with van der Waals surface area (Å²) in [6.07, 6.45) is 0. The van der Waals surface area contributed by atoms with Crippen molar-refractivity contribution in [1.82, 2.24) is 15.1 Å². The van der Waals surface area contributed by atoms with Crippen LogP contribution in [0.4, 0.5) is 4.39 Å². The highest BCUT2D eigenvalue weighted by molar-refractivity contribution is 7.91. The summed E-state index contributed by atoms with van der Waals surface area (Å²) in [5.41, 5.74) is 1.52. The second-order valence-corrected chi connectivity index (χ2v) is 10.1. The molecule has 1 fully saturated rings. The topological polar surface area (TPSA) is 86.8 Å². The number of likely N-dealkylation sites (N-methyl/N-ethyl adjacent to an activating group) is 1. The molecule has 0 saturated carbocycles. The quantitative estimate of drug-likeness (QED) is 0.648. The van der Waals surface area contributed by atoms with E-state index in [1.54, 1.807) is 19.1 Å². The predicted octanol–water partition coefficient (Wildman–Crippen LogP) is 1.76. The molecule has 1 saturated heterocycles. The van der Waals surface area contributed by atoms with Gasteiger partial charge in [-0.25, -0.2) is 12.8 Å². The van der Waals surface area contributed by atoms with E-state index in [4.69, 9.17) is 0 Å². The molecule has 1 aliphatic rings. The van der Waals surface area contributed by atoms with Gasteiger partial charge in [0.05, 0.1) is 18.1 Å². The van der Waals surface area contributed by atoms with Crippen LogP contribution < -0.4 is 5.32 Å². The molecule has 0 aliphatic carbocycles. The van der Waals surface area contributed by atoms with Gasteiger partial charge >= 0.3 is 0 Å². The van der Waals surface area contributed by atoms with Gasteiger partial charge < -0.3 is 10.2 Å². The fraction of sp³-hybridized carbons (Fsp3) is 0.391. The number of hydrogen-bond acceptors (Lipinski definition) is 5. The fourth-order valence-electron chi connectivity index (χ4n) is 3.68. The lowest BCUT2D eigenvalue weighted by Gasteiger charge is -2.36. The Bertz CT molecular complexity index is 1010. The number of nitrogens with one attached hydrogen (secondary N) is 1. The molecule has 1 N–H and O–H groups in total. The van der Waals surface area contributed by atoms with Crippen LogP contribution in [0.1, 0.15) is 24.1 Å². The average Bonchev–Trinajstić information content (AvgIpc) is 2.79. The summed E-state index contributed by atoms with van der Waals surface area (Å²) in [4.78, 5) is 29.3. The average molecular weight is 462 g/mol. The second-order valence-electron chi connectivity index (χ2n) is 7.76. The number of amides is 2. The number of nitrogens with zero attached hydrogens (tertiary/aromatic N) is 2. The summed E-state index contributed by atoms with van der Waals surface area (Å²) in [7, 11) is -3.09. The highest BCUT2D eigenvalue weighted by Gasteiger charge is 2.35. The van der Waals surface area contributed by atoms with Crippen LogP contribution >= 0.6 is 0 Å². The van der Waals surface area contributed by atoms with Crippen LogP contribution in [-0.4, -0.2) is 67.7 Å². The number of carbonyl (C=O) groups excluding carboxylic acids is 2. The molecule has 1 heterocycles. The maximum Gasteiger partial charge on any atom is 0.244 e. The summed E-state index contributed by atoms with van der Waals surface area (Å²) < 4.78 is 36.8. The molecule has 2 aromatic carbocycles. The molecule has 32 heavy (non-hydrogen) atoms. The van der Waals surface area contributed by atoms with Gasteiger partial charge in [-0.05, 0) is 30.2 Å². The van der Waals surface area contributed by atoms with E-state index in [9.17, 15) is 22.4 Å². The first-order valence-corrected chi connectivity index (χ1v) is 12.4. The standard InChI is InChI=1S/C23H28FN3O4S/c1-2-26(17-21(28)25-16-18-8-10-20(24)11-9-18)23(29)22(19-6-4-3-5-7-19)27-12-14-32(30,31)15-13-27/h3-11,22H,2,12-17H2,1H3,(H,25,28). The van der Waals surface area contributed by atoms with E-state index in [0.717, 1.165) is 11.1 Å². The molecule has 0 bridgehead atoms. The molecule has 9 heteroatoms. The largest absolute Gasteiger partial charge is 0.350 e. The van der Waals surface area contributed by atoms with Crippen LogP contribution in [0.5, 0.6) is 0 Å². The summed E-state index contributed by atoms with van der Waals surface area (Å²) in [5, 5.41) is 2.76. The molecular weight excluding hydrogens is 433 g/mol. The molecule has 1 atom stereocenters. The zero-order valence-corrected chi connectivity index (χ0v) is 18.9. The Balaban J connectivity index is 1.70. The molecule has 0 spiro atoms. The minimum Gasteiger partial charge on any atom is -0.350 e. The third-order valence-electron chi connectivity index (χ3n) is 5.52. The zero-order chi connectivity index (χ0) is 23.1. The molecule has 0 radical (unpaired) electrons. The first kappa shape index (κ1) is 23.9. The van der Waals surface area contributed by atoms with Crippen molar-refractivity contribution in [3.63, 3.8) is 0 Å². The van der Waals surface area contributed by atoms with Gasteiger partial charge in [0, 0.05) is 26.2 Å². The van der Waals surface area contributed by atoms with Crippen molar-refractivity contribution >= 4 is 21.7 Å². The molecule has 0 aromatic heterocycles. The van der Waals surface area contributed by atoms with E-state index in [-0.39, 0.29) is 55.3 Å². The van der Waals surface area contributed by atoms with Crippen LogP contribution in [0, 0.1) is 5.82 Å². The molecular formula is C23H28FN3O4S. The van der Waals surface area contributed by atoms with Crippen molar-refractivity contribution in [2.45, 2.75) is 19.5 Å². The highest BCUT2D eigenvalue weighted by Crippen LogP contribution is 2.25. The monoisotopic (exact) mass is 461 g/mol. The smallest absolute Gasteiger partial charge is 0.244 e. The Hall–Kier alpha value is -2.78. The summed E-state index contributed by atoms with van der Waals surface area (Å²) >= 11 is 0. The van der Waals surface area contributed by atoms with Gasteiger partial charge in [0.15, 0.2) is 9.84 Å². The number of rotatable bonds is 8. The minimum absolute atomic E-state index is 0.00783. The van der Waals surface area contributed by atoms with E-state index in [0.29, 0.717) is 6.54 Å². The third kappa shape index (κ3) is 6.37. The molecule has 2 amide bonds. The van der Waals surface area contributed by atoms with Crippen LogP contribution in [0.2, 0.25) is 0 Å². The van der Waals surface area contributed by atoms with Gasteiger partial charge in [-0.1, -0.05) is 42.5 Å². The lowest BCUT2D eigenvalue weighted by molar-refractivity contribution is -0.140. The summed E-state index contributed by atoms with van der Waals surface area (Å²) in [6.45, 7) is 2.78. The highest BCUT2D eigenvalue weighted by atomic mass is 32.2. The Morgan fingerprint density at radius 1 is 1.06 bits per heavy atom. The third-order valence-corrected chi connectivity index (χ3v) is 7.13. The zero-order valence-electron chi connectivity index (χ0n) is 18.0. The summed E-state index contributed by atoms with van der Waals surface area (Å²) in [6, 6.07) is 14.4. The molecule has 3 rings (SSSR count). The molecule has 2 aromatic rings. The molecule has 1 unspecified atom stereocenters. The Morgan fingerprint density at radius 3 is 2.28 bits per heavy atom. The molecule has 1 aliphatic heterocycles. The van der Waals surface area contributed by atoms with Crippen molar-refractivity contribution in [2.75, 3.05) is 37.7 Å². The van der Waals surface area contributed by atoms with Crippen molar-refractivity contribution in [3.05, 3.63) is 71.5 Å². The Morgan fingerprint density at radius 2 is 1.69 bits per heavy atom. The van der Waals surface area contributed by atoms with Gasteiger partial charge in [-0.3, -0.25) is 14.5 Å². The number of hydrogen-bond donors (Lipinski definition) is 1. The van der Waals surface area contributed by atoms with Crippen LogP contribution in [0.15, 0.2) is 54.6 Å². The number of carbonyl (C=O) groups is 2. The fourth-order valence-corrected chi connectivity index (χ4v) is 4.91. The number of sulfone groups is 1. The van der Waals surface area contributed by atoms with E-state index in [1.807, 2.05) is 35.2 Å². The van der Waals surface area contributed by atoms with Crippen molar-refractivity contribution < 1.29 is 22.4 Å². The van der Waals surface area contributed by atoms with Crippen molar-refractivity contribution in [1.29, 1.82) is 0 Å². The van der Waals surface area contributed by atoms with Crippen molar-refractivity contribution in [2.24, 2.45) is 0 Å². The van der Waals surface area contributed by atoms with Crippen LogP contribution in [0.25, 0.3) is 0 Å². The van der Waals surface area contributed by atoms with E-state index >= 15 is 0 Å². The Labute approximate surface area is 188 Å². The lowest BCUT2D eigenvalue weighted by Crippen LogP contribution is -2.50. The van der Waals surface area contributed by atoms with Crippen LogP contribution in [0.3, 0.4) is 0 Å².